The Kier molecular flexibility index (Phi) is 6.49. The van der Waals surface area contributed by atoms with Gasteiger partial charge in [0.25, 0.3) is 0 Å². The van der Waals surface area contributed by atoms with Gasteiger partial charge in [-0.3, -0.25) is 4.90 Å². The second-order valence-electron chi connectivity index (χ2n) is 4.95. The number of nitrogens with zero attached hydrogens (tertiary/aromatic N) is 1. The fraction of sp³-hybridized carbons (Fsp3) is 0.250. The van der Waals surface area contributed by atoms with Gasteiger partial charge >= 0.3 is 0 Å². The maximum atomic E-state index is 10.1. The Balaban J connectivity index is 0.00000220. The Hall–Kier alpha value is -1.75. The van der Waals surface area contributed by atoms with Gasteiger partial charge in [-0.15, -0.1) is 12.4 Å². The van der Waals surface area contributed by atoms with Crippen LogP contribution < -0.4 is 0 Å². The molecular formula is C16H20ClNO3. The molecule has 5 heteroatoms. The summed E-state index contributed by atoms with van der Waals surface area (Å²) in [5.41, 5.74) is 1.76. The summed E-state index contributed by atoms with van der Waals surface area (Å²) in [6, 6.07) is 14.4. The molecule has 0 spiro atoms. The third kappa shape index (κ3) is 4.93. The van der Waals surface area contributed by atoms with Crippen molar-refractivity contribution in [2.45, 2.75) is 12.6 Å². The van der Waals surface area contributed by atoms with Crippen LogP contribution in [0.25, 0.3) is 0 Å². The fourth-order valence-corrected chi connectivity index (χ4v) is 2.11. The number of phenolic OH excluding ortho intramolecular Hbond substituents is 2. The molecule has 0 aromatic heterocycles. The third-order valence-corrected chi connectivity index (χ3v) is 3.16. The van der Waals surface area contributed by atoms with Crippen LogP contribution in [-0.4, -0.2) is 33.8 Å². The van der Waals surface area contributed by atoms with Crippen molar-refractivity contribution >= 4 is 12.4 Å². The summed E-state index contributed by atoms with van der Waals surface area (Å²) in [5.74, 6) is -0.397. The highest BCUT2D eigenvalue weighted by Gasteiger charge is 2.12. The molecule has 0 heterocycles. The van der Waals surface area contributed by atoms with E-state index in [-0.39, 0.29) is 23.9 Å². The van der Waals surface area contributed by atoms with Crippen molar-refractivity contribution < 1.29 is 15.3 Å². The molecule has 0 saturated carbocycles. The van der Waals surface area contributed by atoms with Crippen molar-refractivity contribution in [1.29, 1.82) is 0 Å². The highest BCUT2D eigenvalue weighted by molar-refractivity contribution is 5.85. The Morgan fingerprint density at radius 3 is 2.29 bits per heavy atom. The SMILES string of the molecule is CN(Cc1ccccc1)CC(O)c1ccc(O)c(O)c1.Cl. The topological polar surface area (TPSA) is 63.9 Å². The first-order valence-corrected chi connectivity index (χ1v) is 6.48. The molecule has 4 nitrogen and oxygen atoms in total. The van der Waals surface area contributed by atoms with E-state index in [9.17, 15) is 15.3 Å². The first-order chi connectivity index (χ1) is 9.56. The molecule has 2 rings (SSSR count). The molecule has 0 saturated heterocycles. The van der Waals surface area contributed by atoms with E-state index in [0.29, 0.717) is 12.1 Å². The predicted octanol–water partition coefficient (Wildman–Crippen LogP) is 2.69. The maximum absolute atomic E-state index is 10.1. The summed E-state index contributed by atoms with van der Waals surface area (Å²) < 4.78 is 0. The highest BCUT2D eigenvalue weighted by atomic mass is 35.5. The van der Waals surface area contributed by atoms with Crippen LogP contribution in [0.3, 0.4) is 0 Å². The molecule has 2 aromatic rings. The lowest BCUT2D eigenvalue weighted by atomic mass is 10.1. The minimum atomic E-state index is -0.713. The summed E-state index contributed by atoms with van der Waals surface area (Å²) in [4.78, 5) is 2.00. The van der Waals surface area contributed by atoms with Gasteiger partial charge in [-0.1, -0.05) is 36.4 Å². The number of hydrogen-bond donors (Lipinski definition) is 3. The standard InChI is InChI=1S/C16H19NO3.ClH/c1-17(10-12-5-3-2-4-6-12)11-16(20)13-7-8-14(18)15(19)9-13;/h2-9,16,18-20H,10-11H2,1H3;1H. The van der Waals surface area contributed by atoms with Crippen molar-refractivity contribution in [1.82, 2.24) is 4.90 Å². The minimum Gasteiger partial charge on any atom is -0.504 e. The largest absolute Gasteiger partial charge is 0.504 e. The number of phenols is 2. The van der Waals surface area contributed by atoms with Crippen LogP contribution >= 0.6 is 12.4 Å². The zero-order valence-corrected chi connectivity index (χ0v) is 12.6. The number of aromatic hydroxyl groups is 2. The van der Waals surface area contributed by atoms with E-state index in [4.69, 9.17) is 0 Å². The number of halogens is 1. The van der Waals surface area contributed by atoms with Crippen LogP contribution in [0.2, 0.25) is 0 Å². The molecule has 0 fully saturated rings. The van der Waals surface area contributed by atoms with E-state index in [2.05, 4.69) is 0 Å². The monoisotopic (exact) mass is 309 g/mol. The maximum Gasteiger partial charge on any atom is 0.157 e. The Labute approximate surface area is 130 Å². The summed E-state index contributed by atoms with van der Waals surface area (Å²) in [6.45, 7) is 1.18. The van der Waals surface area contributed by atoms with Crippen LogP contribution in [0.15, 0.2) is 48.5 Å². The number of hydrogen-bond acceptors (Lipinski definition) is 4. The van der Waals surface area contributed by atoms with Gasteiger partial charge in [-0.25, -0.2) is 0 Å². The summed E-state index contributed by atoms with van der Waals surface area (Å²) in [5, 5.41) is 28.9. The first-order valence-electron chi connectivity index (χ1n) is 6.48. The molecule has 0 bridgehead atoms. The number of aliphatic hydroxyl groups is 1. The average molecular weight is 310 g/mol. The lowest BCUT2D eigenvalue weighted by molar-refractivity contribution is 0.123. The lowest BCUT2D eigenvalue weighted by Gasteiger charge is -2.21. The Morgan fingerprint density at radius 1 is 1.00 bits per heavy atom. The minimum absolute atomic E-state index is 0. The highest BCUT2D eigenvalue weighted by Crippen LogP contribution is 2.28. The van der Waals surface area contributed by atoms with E-state index in [0.717, 1.165) is 6.54 Å². The fourth-order valence-electron chi connectivity index (χ4n) is 2.11. The molecule has 0 aliphatic rings. The zero-order valence-electron chi connectivity index (χ0n) is 11.8. The summed E-state index contributed by atoms with van der Waals surface area (Å²) in [7, 11) is 1.93. The summed E-state index contributed by atoms with van der Waals surface area (Å²) in [6.07, 6.45) is -0.713. The van der Waals surface area contributed by atoms with Crippen molar-refractivity contribution in [3.63, 3.8) is 0 Å². The smallest absolute Gasteiger partial charge is 0.157 e. The molecule has 1 unspecified atom stereocenters. The third-order valence-electron chi connectivity index (χ3n) is 3.16. The average Bonchev–Trinajstić information content (AvgIpc) is 2.42. The van der Waals surface area contributed by atoms with Gasteiger partial charge in [0, 0.05) is 13.1 Å². The molecular weight excluding hydrogens is 290 g/mol. The molecule has 0 radical (unpaired) electrons. The second-order valence-corrected chi connectivity index (χ2v) is 4.95. The number of benzene rings is 2. The Morgan fingerprint density at radius 2 is 1.67 bits per heavy atom. The van der Waals surface area contributed by atoms with E-state index >= 15 is 0 Å². The van der Waals surface area contributed by atoms with Gasteiger partial charge in [0.05, 0.1) is 6.10 Å². The molecule has 21 heavy (non-hydrogen) atoms. The quantitative estimate of drug-likeness (QED) is 0.743. The van der Waals surface area contributed by atoms with Gasteiger partial charge in [-0.2, -0.15) is 0 Å². The molecule has 0 amide bonds. The van der Waals surface area contributed by atoms with E-state index in [1.807, 2.05) is 42.3 Å². The van der Waals surface area contributed by atoms with Crippen LogP contribution in [0.5, 0.6) is 11.5 Å². The van der Waals surface area contributed by atoms with Crippen molar-refractivity contribution in [2.75, 3.05) is 13.6 Å². The normalized spacial score (nSPS) is 12.0. The Bertz CT molecular complexity index is 563. The molecule has 2 aromatic carbocycles. The van der Waals surface area contributed by atoms with Crippen molar-refractivity contribution in [3.05, 3.63) is 59.7 Å². The van der Waals surface area contributed by atoms with Crippen LogP contribution in [0, 0.1) is 0 Å². The van der Waals surface area contributed by atoms with Crippen molar-refractivity contribution in [2.24, 2.45) is 0 Å². The van der Waals surface area contributed by atoms with Gasteiger partial charge in [-0.05, 0) is 30.3 Å². The number of aliphatic hydroxyl groups excluding tert-OH is 1. The van der Waals surface area contributed by atoms with Crippen LogP contribution in [0.4, 0.5) is 0 Å². The molecule has 1 atom stereocenters. The van der Waals surface area contributed by atoms with Crippen LogP contribution in [-0.2, 0) is 6.54 Å². The molecule has 0 aliphatic heterocycles. The zero-order chi connectivity index (χ0) is 14.5. The molecule has 0 aliphatic carbocycles. The lowest BCUT2D eigenvalue weighted by Crippen LogP contribution is -2.24. The van der Waals surface area contributed by atoms with Gasteiger partial charge < -0.3 is 15.3 Å². The summed E-state index contributed by atoms with van der Waals surface area (Å²) >= 11 is 0. The van der Waals surface area contributed by atoms with Gasteiger partial charge in [0.1, 0.15) is 0 Å². The number of likely N-dealkylation sites (N-methyl/N-ethyl adjacent to an activating group) is 1. The van der Waals surface area contributed by atoms with Gasteiger partial charge in [0.15, 0.2) is 11.5 Å². The van der Waals surface area contributed by atoms with E-state index < -0.39 is 6.10 Å². The van der Waals surface area contributed by atoms with Crippen LogP contribution in [0.1, 0.15) is 17.2 Å². The second kappa shape index (κ2) is 7.88. The van der Waals surface area contributed by atoms with E-state index in [1.54, 1.807) is 6.07 Å². The van der Waals surface area contributed by atoms with E-state index in [1.165, 1.54) is 17.7 Å². The molecule has 3 N–H and O–H groups in total. The van der Waals surface area contributed by atoms with Crippen molar-refractivity contribution in [3.8, 4) is 11.5 Å². The molecule has 114 valence electrons. The predicted molar refractivity (Wildman–Crippen MR) is 84.8 cm³/mol. The van der Waals surface area contributed by atoms with Gasteiger partial charge in [0.2, 0.25) is 0 Å². The number of rotatable bonds is 5. The first kappa shape index (κ1) is 17.3.